The number of ketones is 1. The van der Waals surface area contributed by atoms with Gasteiger partial charge < -0.3 is 9.67 Å². The Morgan fingerprint density at radius 1 is 1.31 bits per heavy atom. The zero-order chi connectivity index (χ0) is 18.5. The van der Waals surface area contributed by atoms with Crippen LogP contribution >= 0.6 is 0 Å². The molecular weight excluding hydrogens is 335 g/mol. The number of hydrogen-bond donors (Lipinski definition) is 2. The third kappa shape index (κ3) is 4.05. The number of halogens is 1. The van der Waals surface area contributed by atoms with Crippen LogP contribution in [0.4, 0.5) is 4.39 Å². The van der Waals surface area contributed by atoms with Crippen molar-refractivity contribution in [1.82, 2.24) is 19.7 Å². The topological polar surface area (TPSA) is 83.8 Å². The molecule has 0 unspecified atom stereocenters. The summed E-state index contributed by atoms with van der Waals surface area (Å²) in [4.78, 5) is 15.9. The molecule has 3 aromatic rings. The first kappa shape index (κ1) is 17.6. The molecule has 0 saturated carbocycles. The number of aliphatic hydroxyl groups excluding tert-OH is 1. The van der Waals surface area contributed by atoms with Crippen LogP contribution < -0.4 is 0 Å². The molecule has 0 aliphatic rings. The highest BCUT2D eigenvalue weighted by molar-refractivity contribution is 6.05. The minimum atomic E-state index is -0.462. The van der Waals surface area contributed by atoms with E-state index in [1.54, 1.807) is 12.1 Å². The van der Waals surface area contributed by atoms with Crippen molar-refractivity contribution in [1.29, 1.82) is 0 Å². The number of allylic oxidation sites excluding steroid dienone is 1. The van der Waals surface area contributed by atoms with Gasteiger partial charge in [-0.25, -0.2) is 9.37 Å². The number of aryl methyl sites for hydroxylation is 1. The van der Waals surface area contributed by atoms with Crippen molar-refractivity contribution in [3.63, 3.8) is 0 Å². The van der Waals surface area contributed by atoms with Crippen LogP contribution in [0.25, 0.3) is 5.76 Å². The number of benzene rings is 1. The van der Waals surface area contributed by atoms with Crippen LogP contribution in [0.1, 0.15) is 40.7 Å². The van der Waals surface area contributed by atoms with E-state index in [1.165, 1.54) is 18.5 Å². The number of nitrogens with zero attached hydrogens (tertiary/aromatic N) is 3. The second-order valence-electron chi connectivity index (χ2n) is 5.97. The summed E-state index contributed by atoms with van der Waals surface area (Å²) in [5, 5.41) is 16.6. The Labute approximate surface area is 150 Å². The van der Waals surface area contributed by atoms with Crippen molar-refractivity contribution in [2.45, 2.75) is 26.3 Å². The summed E-state index contributed by atoms with van der Waals surface area (Å²) in [6.45, 7) is 2.85. The quantitative estimate of drug-likeness (QED) is 0.386. The van der Waals surface area contributed by atoms with E-state index in [1.807, 2.05) is 17.0 Å². The normalized spacial score (nSPS) is 11.7. The minimum absolute atomic E-state index is 0.0598. The smallest absolute Gasteiger partial charge is 0.226 e. The molecule has 2 heterocycles. The number of H-pyrrole nitrogens is 1. The average molecular weight is 354 g/mol. The van der Waals surface area contributed by atoms with E-state index in [0.29, 0.717) is 12.0 Å². The van der Waals surface area contributed by atoms with Gasteiger partial charge in [-0.3, -0.25) is 9.89 Å². The van der Waals surface area contributed by atoms with Crippen LogP contribution in [0.3, 0.4) is 0 Å². The lowest BCUT2D eigenvalue weighted by Crippen LogP contribution is -2.00. The summed E-state index contributed by atoms with van der Waals surface area (Å²) in [5.74, 6) is -0.836. The summed E-state index contributed by atoms with van der Waals surface area (Å²) < 4.78 is 15.1. The lowest BCUT2D eigenvalue weighted by atomic mass is 10.0. The van der Waals surface area contributed by atoms with Gasteiger partial charge in [0.2, 0.25) is 5.78 Å². The summed E-state index contributed by atoms with van der Waals surface area (Å²) in [6, 6.07) is 6.22. The van der Waals surface area contributed by atoms with E-state index in [-0.39, 0.29) is 17.4 Å². The maximum Gasteiger partial charge on any atom is 0.226 e. The number of aliphatic hydroxyl groups is 1. The lowest BCUT2D eigenvalue weighted by Gasteiger charge is -2.04. The molecule has 134 valence electrons. The fourth-order valence-corrected chi connectivity index (χ4v) is 2.73. The molecule has 0 aliphatic heterocycles. The molecule has 0 saturated heterocycles. The maximum atomic E-state index is 13.1. The van der Waals surface area contributed by atoms with Crippen LogP contribution in [0, 0.1) is 5.82 Å². The zero-order valence-electron chi connectivity index (χ0n) is 14.3. The van der Waals surface area contributed by atoms with Crippen LogP contribution in [0.2, 0.25) is 0 Å². The van der Waals surface area contributed by atoms with Gasteiger partial charge in [0.1, 0.15) is 17.9 Å². The maximum absolute atomic E-state index is 13.1. The summed E-state index contributed by atoms with van der Waals surface area (Å²) in [5.41, 5.74) is 2.33. The van der Waals surface area contributed by atoms with Gasteiger partial charge in [0.05, 0.1) is 0 Å². The van der Waals surface area contributed by atoms with Gasteiger partial charge in [0.25, 0.3) is 0 Å². The Morgan fingerprint density at radius 2 is 2.08 bits per heavy atom. The molecule has 3 rings (SSSR count). The van der Waals surface area contributed by atoms with E-state index in [2.05, 4.69) is 22.1 Å². The highest BCUT2D eigenvalue weighted by Gasteiger charge is 2.14. The van der Waals surface area contributed by atoms with Gasteiger partial charge in [0, 0.05) is 30.6 Å². The fraction of sp³-hybridized carbons (Fsp3) is 0.211. The first-order chi connectivity index (χ1) is 12.6. The first-order valence-electron chi connectivity index (χ1n) is 8.30. The summed E-state index contributed by atoms with van der Waals surface area (Å²) >= 11 is 0. The van der Waals surface area contributed by atoms with Gasteiger partial charge in [-0.15, -0.1) is 0 Å². The first-order valence-corrected chi connectivity index (χ1v) is 8.30. The van der Waals surface area contributed by atoms with Gasteiger partial charge in [-0.2, -0.15) is 5.10 Å². The van der Waals surface area contributed by atoms with Crippen LogP contribution in [-0.4, -0.2) is 30.6 Å². The van der Waals surface area contributed by atoms with Gasteiger partial charge in [-0.1, -0.05) is 19.1 Å². The number of aromatic amines is 1. The Hall–Kier alpha value is -3.22. The molecular formula is C19H19FN4O2. The van der Waals surface area contributed by atoms with Crippen molar-refractivity contribution in [3.8, 4) is 0 Å². The largest absolute Gasteiger partial charge is 0.507 e. The molecule has 0 bridgehead atoms. The van der Waals surface area contributed by atoms with E-state index < -0.39 is 5.78 Å². The Morgan fingerprint density at radius 3 is 2.73 bits per heavy atom. The Kier molecular flexibility index (Phi) is 5.26. The second kappa shape index (κ2) is 7.77. The molecule has 0 radical (unpaired) electrons. The number of aromatic nitrogens is 4. The summed E-state index contributed by atoms with van der Waals surface area (Å²) in [6.07, 6.45) is 7.55. The molecule has 2 N–H and O–H groups in total. The van der Waals surface area contributed by atoms with Crippen molar-refractivity contribution >= 4 is 11.5 Å². The molecule has 0 aliphatic carbocycles. The van der Waals surface area contributed by atoms with Gasteiger partial charge in [0.15, 0.2) is 5.82 Å². The third-order valence-corrected chi connectivity index (χ3v) is 3.94. The number of carbonyl (C=O) groups is 1. The van der Waals surface area contributed by atoms with Crippen molar-refractivity contribution in [2.75, 3.05) is 0 Å². The highest BCUT2D eigenvalue weighted by atomic mass is 19.1. The average Bonchev–Trinajstić information content (AvgIpc) is 3.27. The molecule has 0 fully saturated rings. The number of nitrogens with one attached hydrogen (secondary N) is 1. The third-order valence-electron chi connectivity index (χ3n) is 3.94. The number of rotatable bonds is 7. The standard InChI is InChI=1S/C19H19FN4O2/c1-2-7-24-10-14(8-13-3-5-15(20)6-4-13)16(11-24)17(25)9-18(26)19-21-12-22-23-19/h3-6,9-12,25H,2,7-8H2,1H3,(H,21,22,23)/b17-9-. The zero-order valence-corrected chi connectivity index (χ0v) is 14.3. The van der Waals surface area contributed by atoms with Crippen molar-refractivity contribution in [3.05, 3.63) is 77.4 Å². The molecule has 6 nitrogen and oxygen atoms in total. The molecule has 7 heteroatoms. The van der Waals surface area contributed by atoms with E-state index in [0.717, 1.165) is 30.2 Å². The second-order valence-corrected chi connectivity index (χ2v) is 5.97. The number of hydrogen-bond acceptors (Lipinski definition) is 4. The molecule has 1 aromatic carbocycles. The summed E-state index contributed by atoms with van der Waals surface area (Å²) in [7, 11) is 0. The van der Waals surface area contributed by atoms with E-state index in [9.17, 15) is 14.3 Å². The van der Waals surface area contributed by atoms with E-state index in [4.69, 9.17) is 0 Å². The molecule has 0 atom stereocenters. The molecule has 0 spiro atoms. The fourth-order valence-electron chi connectivity index (χ4n) is 2.73. The van der Waals surface area contributed by atoms with E-state index >= 15 is 0 Å². The Bertz CT molecular complexity index is 912. The SMILES string of the molecule is CCCn1cc(Cc2ccc(F)cc2)c(/C(O)=C/C(=O)c2ncn[nH]2)c1. The van der Waals surface area contributed by atoms with Crippen LogP contribution in [0.5, 0.6) is 0 Å². The monoisotopic (exact) mass is 354 g/mol. The molecule has 26 heavy (non-hydrogen) atoms. The molecule has 2 aromatic heterocycles. The predicted octanol–water partition coefficient (Wildman–Crippen LogP) is 3.53. The molecule has 0 amide bonds. The minimum Gasteiger partial charge on any atom is -0.507 e. The lowest BCUT2D eigenvalue weighted by molar-refractivity contribution is 0.103. The van der Waals surface area contributed by atoms with Crippen LogP contribution in [-0.2, 0) is 13.0 Å². The van der Waals surface area contributed by atoms with Gasteiger partial charge >= 0.3 is 0 Å². The van der Waals surface area contributed by atoms with Crippen LogP contribution in [0.15, 0.2) is 49.1 Å². The van der Waals surface area contributed by atoms with Gasteiger partial charge in [-0.05, 0) is 36.1 Å². The Balaban J connectivity index is 1.91. The predicted molar refractivity (Wildman–Crippen MR) is 95.2 cm³/mol. The highest BCUT2D eigenvalue weighted by Crippen LogP contribution is 2.23. The van der Waals surface area contributed by atoms with Crippen molar-refractivity contribution < 1.29 is 14.3 Å². The van der Waals surface area contributed by atoms with Crippen molar-refractivity contribution in [2.24, 2.45) is 0 Å². The number of carbonyl (C=O) groups excluding carboxylic acids is 1.